The molecule has 1 heterocycles. The number of aromatic nitrogens is 1. The fourth-order valence-corrected chi connectivity index (χ4v) is 1.42. The second kappa shape index (κ2) is 5.64. The van der Waals surface area contributed by atoms with Crippen LogP contribution in [0.25, 0.3) is 15.9 Å². The molecule has 2 rings (SSSR count). The van der Waals surface area contributed by atoms with E-state index in [2.05, 4.69) is 9.96 Å². The van der Waals surface area contributed by atoms with Gasteiger partial charge in [0.2, 0.25) is 5.39 Å². The SMILES string of the molecule is F[B-](F)(F)F.N#[N+]c1ccc(Cl)c2cccnc12. The number of fused-ring (bicyclic) bond motifs is 1. The van der Waals surface area contributed by atoms with E-state index in [0.29, 0.717) is 16.2 Å². The van der Waals surface area contributed by atoms with Gasteiger partial charge in [-0.25, -0.2) is 4.98 Å². The number of benzene rings is 1. The second-order valence-electron chi connectivity index (χ2n) is 3.06. The topological polar surface area (TPSA) is 41.0 Å². The summed E-state index contributed by atoms with van der Waals surface area (Å²) in [6, 6.07) is 6.92. The number of rotatable bonds is 0. The molecule has 0 fully saturated rings. The molecule has 0 aliphatic rings. The van der Waals surface area contributed by atoms with Crippen LogP contribution in [0.5, 0.6) is 0 Å². The summed E-state index contributed by atoms with van der Waals surface area (Å²) >= 11 is 5.92. The van der Waals surface area contributed by atoms with E-state index in [1.165, 1.54) is 0 Å². The number of nitrogens with zero attached hydrogens (tertiary/aromatic N) is 3. The first-order chi connectivity index (χ1) is 8.33. The minimum Gasteiger partial charge on any atom is -0.418 e. The van der Waals surface area contributed by atoms with Crippen molar-refractivity contribution in [1.29, 1.82) is 5.39 Å². The number of halogens is 5. The first kappa shape index (κ1) is 14.2. The lowest BCUT2D eigenvalue weighted by molar-refractivity contribution is 0.368. The van der Waals surface area contributed by atoms with Crippen molar-refractivity contribution in [2.24, 2.45) is 0 Å². The third-order valence-electron chi connectivity index (χ3n) is 1.80. The Kier molecular flexibility index (Phi) is 4.45. The molecule has 0 saturated carbocycles. The summed E-state index contributed by atoms with van der Waals surface area (Å²) in [5.74, 6) is 0. The van der Waals surface area contributed by atoms with Crippen molar-refractivity contribution in [1.82, 2.24) is 4.98 Å². The highest BCUT2D eigenvalue weighted by Gasteiger charge is 2.20. The molecule has 94 valence electrons. The van der Waals surface area contributed by atoms with Crippen LogP contribution >= 0.6 is 11.6 Å². The molecule has 0 aliphatic carbocycles. The van der Waals surface area contributed by atoms with Gasteiger partial charge in [0.15, 0.2) is 10.5 Å². The molecular weight excluding hydrogens is 272 g/mol. The smallest absolute Gasteiger partial charge is 0.418 e. The van der Waals surface area contributed by atoms with Crippen LogP contribution in [0, 0.1) is 5.39 Å². The van der Waals surface area contributed by atoms with Gasteiger partial charge in [0.05, 0.1) is 5.02 Å². The van der Waals surface area contributed by atoms with E-state index in [9.17, 15) is 17.3 Å². The Morgan fingerprint density at radius 1 is 1.17 bits per heavy atom. The third kappa shape index (κ3) is 4.18. The van der Waals surface area contributed by atoms with Crippen molar-refractivity contribution in [3.63, 3.8) is 0 Å². The lowest BCUT2D eigenvalue weighted by Crippen LogP contribution is -2.02. The van der Waals surface area contributed by atoms with Gasteiger partial charge in [-0.2, -0.15) is 0 Å². The highest BCUT2D eigenvalue weighted by molar-refractivity contribution is 6.50. The standard InChI is InChI=1S/C9H5ClN3.BF4/c10-7-3-4-8(13-11)9-6(7)2-1-5-12-9;2-1(3,4)5/h1-5H;/q+1;-1. The number of hydrogen-bond acceptors (Lipinski definition) is 2. The second-order valence-corrected chi connectivity index (χ2v) is 3.47. The monoisotopic (exact) mass is 277 g/mol. The molecule has 0 radical (unpaired) electrons. The molecule has 0 unspecified atom stereocenters. The minimum absolute atomic E-state index is 0.431. The Labute approximate surface area is 104 Å². The fraction of sp³-hybridized carbons (Fsp3) is 0. The van der Waals surface area contributed by atoms with Crippen molar-refractivity contribution in [3.8, 4) is 0 Å². The van der Waals surface area contributed by atoms with Crippen LogP contribution in [0.2, 0.25) is 5.02 Å². The Hall–Kier alpha value is -1.88. The maximum absolute atomic E-state index is 9.75. The van der Waals surface area contributed by atoms with Crippen LogP contribution in [-0.2, 0) is 0 Å². The lowest BCUT2D eigenvalue weighted by atomic mass is 10.2. The Bertz CT molecular complexity index is 590. The Morgan fingerprint density at radius 2 is 1.78 bits per heavy atom. The molecule has 0 aliphatic heterocycles. The van der Waals surface area contributed by atoms with Crippen LogP contribution in [-0.4, -0.2) is 12.2 Å². The van der Waals surface area contributed by atoms with Crippen LogP contribution in [0.1, 0.15) is 0 Å². The van der Waals surface area contributed by atoms with Gasteiger partial charge in [-0.05, 0) is 18.2 Å². The number of diazo groups is 1. The average Bonchev–Trinajstić information content (AvgIpc) is 2.28. The van der Waals surface area contributed by atoms with Gasteiger partial charge in [-0.1, -0.05) is 11.6 Å². The normalized spacial score (nSPS) is 10.4. The van der Waals surface area contributed by atoms with E-state index in [1.54, 1.807) is 24.4 Å². The Morgan fingerprint density at radius 3 is 2.33 bits per heavy atom. The van der Waals surface area contributed by atoms with Crippen molar-refractivity contribution in [3.05, 3.63) is 40.5 Å². The summed E-state index contributed by atoms with van der Waals surface area (Å²) in [7, 11) is -6.00. The summed E-state index contributed by atoms with van der Waals surface area (Å²) < 4.78 is 39.0. The van der Waals surface area contributed by atoms with Crippen LogP contribution in [0.3, 0.4) is 0 Å². The number of pyridine rings is 1. The maximum Gasteiger partial charge on any atom is 0.673 e. The zero-order chi connectivity index (χ0) is 13.8. The zero-order valence-corrected chi connectivity index (χ0v) is 9.45. The molecule has 0 amide bonds. The largest absolute Gasteiger partial charge is 0.673 e. The summed E-state index contributed by atoms with van der Waals surface area (Å²) in [5.41, 5.74) is 1.04. The zero-order valence-electron chi connectivity index (χ0n) is 8.70. The van der Waals surface area contributed by atoms with E-state index in [4.69, 9.17) is 17.0 Å². The van der Waals surface area contributed by atoms with Crippen molar-refractivity contribution >= 4 is 35.4 Å². The van der Waals surface area contributed by atoms with Gasteiger partial charge >= 0.3 is 12.9 Å². The van der Waals surface area contributed by atoms with E-state index in [0.717, 1.165) is 5.39 Å². The average molecular weight is 277 g/mol. The summed E-state index contributed by atoms with van der Waals surface area (Å²) in [6.07, 6.45) is 1.63. The molecule has 2 aromatic rings. The molecule has 18 heavy (non-hydrogen) atoms. The third-order valence-corrected chi connectivity index (χ3v) is 2.13. The van der Waals surface area contributed by atoms with Gasteiger partial charge in [0.1, 0.15) is 0 Å². The van der Waals surface area contributed by atoms with E-state index in [1.807, 2.05) is 6.07 Å². The van der Waals surface area contributed by atoms with Crippen LogP contribution < -0.4 is 0 Å². The van der Waals surface area contributed by atoms with Crippen molar-refractivity contribution in [2.45, 2.75) is 0 Å². The van der Waals surface area contributed by atoms with Gasteiger partial charge in [-0.15, -0.1) is 0 Å². The van der Waals surface area contributed by atoms with Gasteiger partial charge in [0.25, 0.3) is 0 Å². The molecule has 1 aromatic carbocycles. The quantitative estimate of drug-likeness (QED) is 0.399. The van der Waals surface area contributed by atoms with Crippen LogP contribution in [0.4, 0.5) is 23.0 Å². The first-order valence-corrected chi connectivity index (χ1v) is 4.96. The summed E-state index contributed by atoms with van der Waals surface area (Å²) in [6.45, 7) is 0. The van der Waals surface area contributed by atoms with Crippen molar-refractivity contribution < 1.29 is 17.3 Å². The van der Waals surface area contributed by atoms with E-state index < -0.39 is 7.25 Å². The molecular formula is C9H5BClF4N3. The number of hydrogen-bond donors (Lipinski definition) is 0. The molecule has 0 saturated heterocycles. The predicted molar refractivity (Wildman–Crippen MR) is 61.7 cm³/mol. The highest BCUT2D eigenvalue weighted by Crippen LogP contribution is 2.29. The van der Waals surface area contributed by atoms with E-state index >= 15 is 0 Å². The van der Waals surface area contributed by atoms with Crippen LogP contribution in [0.15, 0.2) is 30.5 Å². The molecule has 0 bridgehead atoms. The van der Waals surface area contributed by atoms with Gasteiger partial charge < -0.3 is 17.3 Å². The van der Waals surface area contributed by atoms with Gasteiger partial charge in [-0.3, -0.25) is 0 Å². The van der Waals surface area contributed by atoms with Gasteiger partial charge in [0, 0.05) is 17.6 Å². The maximum atomic E-state index is 9.75. The fourth-order valence-electron chi connectivity index (χ4n) is 1.20. The summed E-state index contributed by atoms with van der Waals surface area (Å²) in [4.78, 5) is 7.19. The van der Waals surface area contributed by atoms with Crippen molar-refractivity contribution in [2.75, 3.05) is 0 Å². The molecule has 0 atom stereocenters. The summed E-state index contributed by atoms with van der Waals surface area (Å²) in [5, 5.41) is 10.1. The predicted octanol–water partition coefficient (Wildman–Crippen LogP) is 4.67. The molecule has 9 heteroatoms. The minimum atomic E-state index is -6.00. The van der Waals surface area contributed by atoms with E-state index in [-0.39, 0.29) is 0 Å². The lowest BCUT2D eigenvalue weighted by Gasteiger charge is -1.94. The molecule has 1 aromatic heterocycles. The Balaban J connectivity index is 0.000000280. The first-order valence-electron chi connectivity index (χ1n) is 4.58. The highest BCUT2D eigenvalue weighted by atomic mass is 35.5. The molecule has 0 N–H and O–H groups in total. The molecule has 0 spiro atoms. The molecule has 3 nitrogen and oxygen atoms in total.